The fourth-order valence-corrected chi connectivity index (χ4v) is 3.36. The molecule has 0 saturated heterocycles. The first-order valence-electron chi connectivity index (χ1n) is 7.86. The van der Waals surface area contributed by atoms with Crippen molar-refractivity contribution < 1.29 is 13.5 Å². The molecule has 1 unspecified atom stereocenters. The molecule has 0 amide bonds. The second kappa shape index (κ2) is 7.32. The summed E-state index contributed by atoms with van der Waals surface area (Å²) in [5.41, 5.74) is 0.111. The average molecular weight is 297 g/mol. The van der Waals surface area contributed by atoms with Crippen molar-refractivity contribution in [3.63, 3.8) is 0 Å². The van der Waals surface area contributed by atoms with Gasteiger partial charge in [-0.1, -0.05) is 32.3 Å². The van der Waals surface area contributed by atoms with E-state index >= 15 is 0 Å². The number of ether oxygens (including phenoxy) is 1. The third kappa shape index (κ3) is 3.61. The zero-order chi connectivity index (χ0) is 15.3. The average Bonchev–Trinajstić information content (AvgIpc) is 2.50. The van der Waals surface area contributed by atoms with E-state index in [1.807, 2.05) is 0 Å². The predicted molar refractivity (Wildman–Crippen MR) is 80.2 cm³/mol. The Morgan fingerprint density at radius 1 is 1.24 bits per heavy atom. The van der Waals surface area contributed by atoms with Crippen LogP contribution in [0.3, 0.4) is 0 Å². The number of nitrogens with one attached hydrogen (secondary N) is 1. The smallest absolute Gasteiger partial charge is 0.131 e. The Bertz CT molecular complexity index is 458. The summed E-state index contributed by atoms with van der Waals surface area (Å²) in [6, 6.07) is 3.60. The molecule has 2 rings (SSSR count). The molecule has 0 spiro atoms. The summed E-state index contributed by atoms with van der Waals surface area (Å²) in [5.74, 6) is -1.04. The highest BCUT2D eigenvalue weighted by Gasteiger charge is 2.41. The van der Waals surface area contributed by atoms with Crippen molar-refractivity contribution in [3.8, 4) is 0 Å². The molecule has 1 aromatic rings. The van der Waals surface area contributed by atoms with Crippen LogP contribution in [0.4, 0.5) is 8.78 Å². The van der Waals surface area contributed by atoms with Gasteiger partial charge in [-0.3, -0.25) is 0 Å². The Balaban J connectivity index is 2.36. The van der Waals surface area contributed by atoms with Crippen LogP contribution < -0.4 is 5.32 Å². The summed E-state index contributed by atoms with van der Waals surface area (Å²) in [6.45, 7) is 2.86. The van der Waals surface area contributed by atoms with Gasteiger partial charge in [0.05, 0.1) is 11.6 Å². The molecule has 4 heteroatoms. The maximum Gasteiger partial charge on any atom is 0.131 e. The highest BCUT2D eigenvalue weighted by molar-refractivity contribution is 5.25. The lowest BCUT2D eigenvalue weighted by Gasteiger charge is -2.43. The van der Waals surface area contributed by atoms with Crippen molar-refractivity contribution in [2.24, 2.45) is 0 Å². The third-order valence-corrected chi connectivity index (χ3v) is 4.50. The molecule has 1 aromatic carbocycles. The van der Waals surface area contributed by atoms with E-state index < -0.39 is 17.2 Å². The van der Waals surface area contributed by atoms with Crippen molar-refractivity contribution >= 4 is 0 Å². The lowest BCUT2D eigenvalue weighted by Crippen LogP contribution is -2.47. The van der Waals surface area contributed by atoms with Crippen LogP contribution in [0.2, 0.25) is 0 Å². The topological polar surface area (TPSA) is 21.3 Å². The minimum Gasteiger partial charge on any atom is -0.376 e. The van der Waals surface area contributed by atoms with Crippen LogP contribution in [-0.4, -0.2) is 19.3 Å². The first-order valence-corrected chi connectivity index (χ1v) is 7.86. The van der Waals surface area contributed by atoms with Crippen molar-refractivity contribution in [3.05, 3.63) is 35.4 Å². The number of hydrogen-bond acceptors (Lipinski definition) is 2. The van der Waals surface area contributed by atoms with Gasteiger partial charge in [-0.2, -0.15) is 0 Å². The second-order valence-corrected chi connectivity index (χ2v) is 5.88. The van der Waals surface area contributed by atoms with E-state index in [1.54, 1.807) is 13.2 Å². The number of halogens is 2. The Morgan fingerprint density at radius 3 is 2.52 bits per heavy atom. The summed E-state index contributed by atoms with van der Waals surface area (Å²) in [7, 11) is 1.70. The van der Waals surface area contributed by atoms with E-state index in [-0.39, 0.29) is 6.04 Å². The van der Waals surface area contributed by atoms with Crippen LogP contribution >= 0.6 is 0 Å². The largest absolute Gasteiger partial charge is 0.376 e. The van der Waals surface area contributed by atoms with Gasteiger partial charge in [0.1, 0.15) is 11.6 Å². The van der Waals surface area contributed by atoms with Crippen LogP contribution in [0.5, 0.6) is 0 Å². The highest BCUT2D eigenvalue weighted by atomic mass is 19.1. The Labute approximate surface area is 125 Å². The van der Waals surface area contributed by atoms with E-state index in [1.165, 1.54) is 12.5 Å². The zero-order valence-corrected chi connectivity index (χ0v) is 12.9. The molecule has 1 aliphatic rings. The van der Waals surface area contributed by atoms with Crippen molar-refractivity contribution in [2.45, 2.75) is 57.1 Å². The van der Waals surface area contributed by atoms with Crippen LogP contribution in [-0.2, 0) is 4.74 Å². The maximum atomic E-state index is 14.3. The standard InChI is InChI=1S/C17H25F2NO/c1-3-11-20-16(14-8-7-13(18)12-15(14)19)17(21-2)9-5-4-6-10-17/h7-8,12,16,20H,3-6,9-11H2,1-2H3. The Hall–Kier alpha value is -1.00. The molecular weight excluding hydrogens is 272 g/mol. The molecule has 1 N–H and O–H groups in total. The van der Waals surface area contributed by atoms with Gasteiger partial charge in [-0.05, 0) is 31.9 Å². The highest BCUT2D eigenvalue weighted by Crippen LogP contribution is 2.41. The van der Waals surface area contributed by atoms with Crippen LogP contribution in [0.25, 0.3) is 0 Å². The normalized spacial score (nSPS) is 19.4. The van der Waals surface area contributed by atoms with Gasteiger partial charge in [0.25, 0.3) is 0 Å². The van der Waals surface area contributed by atoms with Crippen molar-refractivity contribution in [2.75, 3.05) is 13.7 Å². The van der Waals surface area contributed by atoms with Gasteiger partial charge in [-0.25, -0.2) is 8.78 Å². The van der Waals surface area contributed by atoms with Gasteiger partial charge < -0.3 is 10.1 Å². The number of hydrogen-bond donors (Lipinski definition) is 1. The summed E-state index contributed by atoms with van der Waals surface area (Å²) >= 11 is 0. The molecular formula is C17H25F2NO. The summed E-state index contributed by atoms with van der Waals surface area (Å²) in [5, 5.41) is 3.42. The van der Waals surface area contributed by atoms with Gasteiger partial charge in [0.15, 0.2) is 0 Å². The summed E-state index contributed by atoms with van der Waals surface area (Å²) in [6.07, 6.45) is 6.13. The minimum atomic E-state index is -0.541. The molecule has 118 valence electrons. The minimum absolute atomic E-state index is 0.233. The monoisotopic (exact) mass is 297 g/mol. The lowest BCUT2D eigenvalue weighted by atomic mass is 9.76. The van der Waals surface area contributed by atoms with E-state index in [2.05, 4.69) is 12.2 Å². The van der Waals surface area contributed by atoms with Gasteiger partial charge >= 0.3 is 0 Å². The molecule has 1 aliphatic carbocycles. The van der Waals surface area contributed by atoms with Crippen LogP contribution in [0.1, 0.15) is 57.1 Å². The number of benzene rings is 1. The van der Waals surface area contributed by atoms with E-state index in [0.717, 1.165) is 44.7 Å². The van der Waals surface area contributed by atoms with Crippen LogP contribution in [0.15, 0.2) is 18.2 Å². The first-order chi connectivity index (χ1) is 10.1. The molecule has 0 heterocycles. The molecule has 21 heavy (non-hydrogen) atoms. The molecule has 0 aromatic heterocycles. The SMILES string of the molecule is CCCNC(c1ccc(F)cc1F)C1(OC)CCCCC1. The van der Waals surface area contributed by atoms with Gasteiger partial charge in [0.2, 0.25) is 0 Å². The Kier molecular flexibility index (Phi) is 5.71. The first kappa shape index (κ1) is 16.4. The molecule has 2 nitrogen and oxygen atoms in total. The maximum absolute atomic E-state index is 14.3. The zero-order valence-electron chi connectivity index (χ0n) is 12.9. The summed E-state index contributed by atoms with van der Waals surface area (Å²) < 4.78 is 33.3. The molecule has 1 saturated carbocycles. The lowest BCUT2D eigenvalue weighted by molar-refractivity contribution is -0.0694. The molecule has 1 fully saturated rings. The third-order valence-electron chi connectivity index (χ3n) is 4.50. The Morgan fingerprint density at radius 2 is 1.95 bits per heavy atom. The van der Waals surface area contributed by atoms with E-state index in [9.17, 15) is 8.78 Å². The van der Waals surface area contributed by atoms with Gasteiger partial charge in [0, 0.05) is 18.7 Å². The fourth-order valence-electron chi connectivity index (χ4n) is 3.36. The molecule has 0 aliphatic heterocycles. The van der Waals surface area contributed by atoms with Crippen molar-refractivity contribution in [1.82, 2.24) is 5.32 Å². The van der Waals surface area contributed by atoms with Gasteiger partial charge in [-0.15, -0.1) is 0 Å². The van der Waals surface area contributed by atoms with Crippen molar-refractivity contribution in [1.29, 1.82) is 0 Å². The fraction of sp³-hybridized carbons (Fsp3) is 0.647. The predicted octanol–water partition coefficient (Wildman–Crippen LogP) is 4.35. The molecule has 1 atom stereocenters. The quantitative estimate of drug-likeness (QED) is 0.842. The molecule has 0 bridgehead atoms. The van der Waals surface area contributed by atoms with E-state index in [4.69, 9.17) is 4.74 Å². The van der Waals surface area contributed by atoms with Crippen LogP contribution in [0, 0.1) is 11.6 Å². The summed E-state index contributed by atoms with van der Waals surface area (Å²) in [4.78, 5) is 0. The van der Waals surface area contributed by atoms with E-state index in [0.29, 0.717) is 5.56 Å². The number of methoxy groups -OCH3 is 1. The molecule has 0 radical (unpaired) electrons. The number of rotatable bonds is 6. The second-order valence-electron chi connectivity index (χ2n) is 5.88.